The Labute approximate surface area is 305 Å². The van der Waals surface area contributed by atoms with E-state index in [4.69, 9.17) is 18.1 Å². The van der Waals surface area contributed by atoms with Crippen LogP contribution in [0, 0.1) is 0 Å². The van der Waals surface area contributed by atoms with Gasteiger partial charge in [0.2, 0.25) is 0 Å². The van der Waals surface area contributed by atoms with Gasteiger partial charge in [-0.3, -0.25) is 0 Å². The molecule has 1 aromatic heterocycles. The minimum Gasteiger partial charge on any atom is -0.456 e. The lowest BCUT2D eigenvalue weighted by Gasteiger charge is -2.26. The molecule has 2 heteroatoms. The van der Waals surface area contributed by atoms with Crippen LogP contribution >= 0.6 is 0 Å². The minimum absolute atomic E-state index is 0.00489. The first-order valence-electron chi connectivity index (χ1n) is 21.7. The van der Waals surface area contributed by atoms with Crippen molar-refractivity contribution in [1.82, 2.24) is 0 Å². The third-order valence-electron chi connectivity index (χ3n) is 9.23. The molecule has 0 aliphatic heterocycles. The summed E-state index contributed by atoms with van der Waals surface area (Å²) in [4.78, 5) is 1.68. The van der Waals surface area contributed by atoms with Crippen molar-refractivity contribution in [3.8, 4) is 22.3 Å². The zero-order chi connectivity index (χ0) is 42.6. The topological polar surface area (TPSA) is 16.4 Å². The molecular formula is C48H31NO. The lowest BCUT2D eigenvalue weighted by Crippen LogP contribution is -2.09. The minimum atomic E-state index is -0.490. The number of benzene rings is 9. The highest BCUT2D eigenvalue weighted by Crippen LogP contribution is 2.41. The van der Waals surface area contributed by atoms with Crippen molar-refractivity contribution < 1.29 is 19.5 Å². The van der Waals surface area contributed by atoms with Crippen LogP contribution in [0.1, 0.15) is 15.1 Å². The van der Waals surface area contributed by atoms with Crippen LogP contribution in [0.3, 0.4) is 0 Å². The van der Waals surface area contributed by atoms with Gasteiger partial charge < -0.3 is 9.32 Å². The maximum Gasteiger partial charge on any atom is 0.136 e. The number of rotatable bonds is 5. The third-order valence-corrected chi connectivity index (χ3v) is 9.23. The second-order valence-electron chi connectivity index (χ2n) is 12.1. The van der Waals surface area contributed by atoms with E-state index >= 15 is 0 Å². The Morgan fingerprint density at radius 1 is 0.400 bits per heavy atom. The van der Waals surface area contributed by atoms with Crippen LogP contribution in [0.2, 0.25) is 0 Å². The summed E-state index contributed by atoms with van der Waals surface area (Å²) < 4.78 is 101. The molecule has 1 heterocycles. The summed E-state index contributed by atoms with van der Waals surface area (Å²) in [6.45, 7) is 0. The van der Waals surface area contributed by atoms with Crippen LogP contribution in [-0.2, 0) is 0 Å². The summed E-state index contributed by atoms with van der Waals surface area (Å²) in [5.41, 5.74) is 4.75. The van der Waals surface area contributed by atoms with E-state index in [2.05, 4.69) is 6.07 Å². The number of furan rings is 1. The van der Waals surface area contributed by atoms with Crippen molar-refractivity contribution in [3.63, 3.8) is 0 Å². The summed E-state index contributed by atoms with van der Waals surface area (Å²) in [7, 11) is 0. The van der Waals surface area contributed by atoms with E-state index in [-0.39, 0.29) is 70.6 Å². The Kier molecular flexibility index (Phi) is 4.46. The average molecular weight is 649 g/mol. The van der Waals surface area contributed by atoms with Gasteiger partial charge in [0, 0.05) is 27.8 Å². The van der Waals surface area contributed by atoms with Gasteiger partial charge in [0.05, 0.1) is 15.1 Å². The maximum absolute atomic E-state index is 9.26. The summed E-state index contributed by atoms with van der Waals surface area (Å²) >= 11 is 0. The summed E-state index contributed by atoms with van der Waals surface area (Å²) in [5, 5.41) is 4.53. The highest BCUT2D eigenvalue weighted by molar-refractivity contribution is 6.19. The van der Waals surface area contributed by atoms with Crippen molar-refractivity contribution in [2.45, 2.75) is 0 Å². The molecule has 50 heavy (non-hydrogen) atoms. The second kappa shape index (κ2) is 11.5. The second-order valence-corrected chi connectivity index (χ2v) is 12.1. The van der Waals surface area contributed by atoms with E-state index in [1.807, 2.05) is 97.1 Å². The van der Waals surface area contributed by atoms with Crippen molar-refractivity contribution in [3.05, 3.63) is 188 Å². The SMILES string of the molecule is [2H]c1cc2oc3c([2H])c([2H])c4cc(-c5cccc6cc(N(c7ccc8cc(-c9ccccc9)ccc8c7)c7c([2H])c([2H])c([2H])c([2H])c7[2H])ccc56)cc([2H])c4c3c2c([2H])c1[2H]. The van der Waals surface area contributed by atoms with Crippen molar-refractivity contribution in [1.29, 1.82) is 0 Å². The van der Waals surface area contributed by atoms with Gasteiger partial charge in [0.25, 0.3) is 0 Å². The van der Waals surface area contributed by atoms with Crippen LogP contribution in [0.25, 0.3) is 76.5 Å². The molecule has 0 N–H and O–H groups in total. The zero-order valence-electron chi connectivity index (χ0n) is 37.4. The molecule has 2 nitrogen and oxygen atoms in total. The Balaban J connectivity index is 1.15. The molecule has 9 aromatic carbocycles. The van der Waals surface area contributed by atoms with E-state index in [1.165, 1.54) is 6.07 Å². The van der Waals surface area contributed by atoms with Crippen LogP contribution < -0.4 is 4.90 Å². The van der Waals surface area contributed by atoms with Crippen LogP contribution in [0.4, 0.5) is 17.1 Å². The maximum atomic E-state index is 9.26. The molecule has 10 rings (SSSR count). The van der Waals surface area contributed by atoms with Crippen LogP contribution in [0.15, 0.2) is 192 Å². The fourth-order valence-electron chi connectivity index (χ4n) is 6.89. The van der Waals surface area contributed by atoms with Crippen LogP contribution in [-0.4, -0.2) is 0 Å². The predicted octanol–water partition coefficient (Wildman–Crippen LogP) is 13.8. The van der Waals surface area contributed by atoms with Gasteiger partial charge in [-0.05, 0) is 115 Å². The van der Waals surface area contributed by atoms with Crippen molar-refractivity contribution >= 4 is 71.3 Å². The highest BCUT2D eigenvalue weighted by atomic mass is 16.3. The molecule has 0 amide bonds. The van der Waals surface area contributed by atoms with E-state index in [0.717, 1.165) is 38.2 Å². The Morgan fingerprint density at radius 2 is 1.18 bits per heavy atom. The molecule has 0 aliphatic carbocycles. The van der Waals surface area contributed by atoms with Gasteiger partial charge in [-0.1, -0.05) is 127 Å². The van der Waals surface area contributed by atoms with Crippen molar-refractivity contribution in [2.24, 2.45) is 0 Å². The Morgan fingerprint density at radius 3 is 2.08 bits per heavy atom. The molecule has 0 saturated carbocycles. The molecule has 0 saturated heterocycles. The summed E-state index contributed by atoms with van der Waals surface area (Å²) in [6, 6.07) is 34.7. The number of hydrogen-bond donors (Lipinski definition) is 0. The molecule has 0 spiro atoms. The first kappa shape index (κ1) is 19.4. The van der Waals surface area contributed by atoms with Gasteiger partial charge in [0.15, 0.2) is 0 Å². The molecule has 0 bridgehead atoms. The van der Waals surface area contributed by atoms with E-state index in [0.29, 0.717) is 33.1 Å². The van der Waals surface area contributed by atoms with E-state index < -0.39 is 18.1 Å². The molecule has 0 aliphatic rings. The Hall–Kier alpha value is -6.64. The fraction of sp³-hybridized carbons (Fsp3) is 0. The molecular weight excluding hydrogens is 607 g/mol. The molecule has 0 unspecified atom stereocenters. The normalized spacial score (nSPS) is 14.7. The largest absolute Gasteiger partial charge is 0.456 e. The van der Waals surface area contributed by atoms with E-state index in [9.17, 15) is 1.37 Å². The predicted molar refractivity (Wildman–Crippen MR) is 212 cm³/mol. The summed E-state index contributed by atoms with van der Waals surface area (Å²) in [5.74, 6) is 0. The average Bonchev–Trinajstić information content (AvgIpc) is 3.66. The van der Waals surface area contributed by atoms with Gasteiger partial charge >= 0.3 is 0 Å². The van der Waals surface area contributed by atoms with Crippen molar-refractivity contribution in [2.75, 3.05) is 4.90 Å². The summed E-state index contributed by atoms with van der Waals surface area (Å²) in [6.07, 6.45) is 0. The number of hydrogen-bond acceptors (Lipinski definition) is 2. The molecule has 0 atom stereocenters. The fourth-order valence-corrected chi connectivity index (χ4v) is 6.89. The quantitative estimate of drug-likeness (QED) is 0.185. The smallest absolute Gasteiger partial charge is 0.136 e. The van der Waals surface area contributed by atoms with Crippen LogP contribution in [0.5, 0.6) is 0 Å². The first-order valence-corrected chi connectivity index (χ1v) is 16.2. The van der Waals surface area contributed by atoms with Gasteiger partial charge in [-0.15, -0.1) is 0 Å². The standard InChI is InChI=1S/C48H31NO/c1-3-10-32(11-4-1)33-18-19-35-30-40(23-20-34(35)28-33)49(39-13-5-2-6-14-39)41-24-26-43-36(31-41)12-9-16-42(43)37-21-25-44-38(29-37)22-27-47-48(44)45-15-7-8-17-46(45)50-47/h1-31H/i2D,5D,6D,7D,8D,13D,14D,15D,22D,25D,27D. The lowest BCUT2D eigenvalue weighted by molar-refractivity contribution is 0.669. The van der Waals surface area contributed by atoms with Gasteiger partial charge in [0.1, 0.15) is 11.2 Å². The van der Waals surface area contributed by atoms with E-state index in [1.54, 1.807) is 17.0 Å². The molecule has 10 aromatic rings. The molecule has 234 valence electrons. The van der Waals surface area contributed by atoms with Gasteiger partial charge in [-0.2, -0.15) is 0 Å². The third kappa shape index (κ3) is 4.73. The highest BCUT2D eigenvalue weighted by Gasteiger charge is 2.16. The first-order chi connectivity index (χ1) is 29.3. The molecule has 0 radical (unpaired) electrons. The Bertz CT molecular complexity index is 3480. The number of nitrogens with zero attached hydrogens (tertiary/aromatic N) is 1. The number of para-hydroxylation sites is 2. The van der Waals surface area contributed by atoms with Gasteiger partial charge in [-0.25, -0.2) is 0 Å². The molecule has 0 fully saturated rings. The monoisotopic (exact) mass is 648 g/mol. The number of fused-ring (bicyclic) bond motifs is 7. The zero-order valence-corrected chi connectivity index (χ0v) is 26.4. The lowest BCUT2D eigenvalue weighted by atomic mass is 9.94. The number of anilines is 3.